The molecule has 0 unspecified atom stereocenters. The lowest BCUT2D eigenvalue weighted by atomic mass is 10.2. The fraction of sp³-hybridized carbons (Fsp3) is 0.571. The summed E-state index contributed by atoms with van der Waals surface area (Å²) in [6, 6.07) is 0. The number of hydrogen-bond donors (Lipinski definition) is 0. The molecule has 0 saturated carbocycles. The zero-order valence-corrected chi connectivity index (χ0v) is 8.05. The van der Waals surface area contributed by atoms with Crippen LogP contribution in [-0.2, 0) is 0 Å². The van der Waals surface area contributed by atoms with E-state index >= 15 is 0 Å². The summed E-state index contributed by atoms with van der Waals surface area (Å²) in [4.78, 5) is 4.28. The third-order valence-corrected chi connectivity index (χ3v) is 3.55. The molecule has 0 atom stereocenters. The normalized spacial score (nSPS) is 10.8. The van der Waals surface area contributed by atoms with E-state index in [0.29, 0.717) is 5.92 Å². The molecule has 1 nitrogen and oxygen atoms in total. The Morgan fingerprint density at radius 3 is 2.60 bits per heavy atom. The average Bonchev–Trinajstić information content (AvgIpc) is 2.34. The van der Waals surface area contributed by atoms with Crippen molar-refractivity contribution in [3.63, 3.8) is 0 Å². The smallest absolute Gasteiger partial charge is 0.0961 e. The molecule has 0 aliphatic heterocycles. The highest BCUT2D eigenvalue weighted by molar-refractivity contribution is 8.00. The van der Waals surface area contributed by atoms with E-state index in [1.54, 1.807) is 23.1 Å². The van der Waals surface area contributed by atoms with Crippen molar-refractivity contribution in [2.24, 2.45) is 0 Å². The largest absolute Gasteiger partial charge is 0.248 e. The first-order valence-corrected chi connectivity index (χ1v) is 5.28. The van der Waals surface area contributed by atoms with Gasteiger partial charge in [0.05, 0.1) is 15.4 Å². The van der Waals surface area contributed by atoms with E-state index in [-0.39, 0.29) is 0 Å². The third-order valence-electron chi connectivity index (χ3n) is 1.20. The molecule has 0 aliphatic rings. The predicted octanol–water partition coefficient (Wildman–Crippen LogP) is 2.99. The number of hydrogen-bond acceptors (Lipinski definition) is 3. The van der Waals surface area contributed by atoms with E-state index in [2.05, 4.69) is 25.1 Å². The quantitative estimate of drug-likeness (QED) is 0.638. The second-order valence-corrected chi connectivity index (χ2v) is 4.55. The molecule has 0 aromatic carbocycles. The van der Waals surface area contributed by atoms with Gasteiger partial charge in [-0.2, -0.15) is 0 Å². The van der Waals surface area contributed by atoms with Crippen molar-refractivity contribution in [1.29, 1.82) is 0 Å². The molecular weight excluding hydrogens is 162 g/mol. The van der Waals surface area contributed by atoms with Crippen molar-refractivity contribution in [3.8, 4) is 0 Å². The van der Waals surface area contributed by atoms with Crippen molar-refractivity contribution < 1.29 is 0 Å². The molecular formula is C7H11NS2. The lowest BCUT2D eigenvalue weighted by Gasteiger charge is -1.94. The molecule has 3 heteroatoms. The van der Waals surface area contributed by atoms with E-state index in [0.717, 1.165) is 0 Å². The first kappa shape index (κ1) is 8.08. The molecule has 0 N–H and O–H groups in total. The maximum atomic E-state index is 4.28. The zero-order chi connectivity index (χ0) is 7.56. The first-order chi connectivity index (χ1) is 4.74. The number of thiazole rings is 1. The monoisotopic (exact) mass is 173 g/mol. The Hall–Kier alpha value is -0.0200. The maximum Gasteiger partial charge on any atom is 0.0961 e. The van der Waals surface area contributed by atoms with Crippen molar-refractivity contribution in [2.45, 2.75) is 24.0 Å². The van der Waals surface area contributed by atoms with Crippen LogP contribution in [0.3, 0.4) is 0 Å². The highest BCUT2D eigenvalue weighted by atomic mass is 32.2. The number of aromatic nitrogens is 1. The standard InChI is InChI=1S/C7H11NS2/c1-5(2)7-8-4-6(9-3)10-7/h4-5H,1-3H3. The summed E-state index contributed by atoms with van der Waals surface area (Å²) in [5, 5.41) is 1.24. The van der Waals surface area contributed by atoms with Crippen molar-refractivity contribution in [1.82, 2.24) is 4.98 Å². The fourth-order valence-corrected chi connectivity index (χ4v) is 2.03. The molecule has 0 saturated heterocycles. The minimum Gasteiger partial charge on any atom is -0.248 e. The molecule has 0 spiro atoms. The highest BCUT2D eigenvalue weighted by Crippen LogP contribution is 2.26. The summed E-state index contributed by atoms with van der Waals surface area (Å²) in [6.45, 7) is 4.34. The van der Waals surface area contributed by atoms with Gasteiger partial charge in [0.15, 0.2) is 0 Å². The van der Waals surface area contributed by atoms with Gasteiger partial charge in [-0.25, -0.2) is 4.98 Å². The second-order valence-electron chi connectivity index (χ2n) is 2.38. The summed E-state index contributed by atoms with van der Waals surface area (Å²) >= 11 is 3.56. The third kappa shape index (κ3) is 1.73. The molecule has 1 rings (SSSR count). The van der Waals surface area contributed by atoms with Crippen molar-refractivity contribution in [3.05, 3.63) is 11.2 Å². The highest BCUT2D eigenvalue weighted by Gasteiger charge is 2.03. The average molecular weight is 173 g/mol. The minimum absolute atomic E-state index is 0.575. The Labute approximate surface area is 69.9 Å². The number of thioether (sulfide) groups is 1. The van der Waals surface area contributed by atoms with E-state index in [4.69, 9.17) is 0 Å². The second kappa shape index (κ2) is 3.39. The van der Waals surface area contributed by atoms with Gasteiger partial charge < -0.3 is 0 Å². The molecule has 0 amide bonds. The molecule has 0 radical (unpaired) electrons. The summed E-state index contributed by atoms with van der Waals surface area (Å²) in [5.74, 6) is 0.575. The summed E-state index contributed by atoms with van der Waals surface area (Å²) < 4.78 is 1.31. The predicted molar refractivity (Wildman–Crippen MR) is 48.0 cm³/mol. The molecule has 1 aromatic heterocycles. The Morgan fingerprint density at radius 2 is 2.30 bits per heavy atom. The van der Waals surface area contributed by atoms with Gasteiger partial charge in [-0.3, -0.25) is 0 Å². The minimum atomic E-state index is 0.575. The first-order valence-electron chi connectivity index (χ1n) is 3.23. The molecule has 1 aromatic rings. The topological polar surface area (TPSA) is 12.9 Å². The van der Waals surface area contributed by atoms with Crippen LogP contribution >= 0.6 is 23.1 Å². The Bertz CT molecular complexity index is 205. The van der Waals surface area contributed by atoms with Gasteiger partial charge in [0, 0.05) is 5.92 Å². The zero-order valence-electron chi connectivity index (χ0n) is 6.42. The van der Waals surface area contributed by atoms with E-state index in [1.807, 2.05) is 6.20 Å². The van der Waals surface area contributed by atoms with E-state index in [1.165, 1.54) is 9.22 Å². The molecule has 0 bridgehead atoms. The summed E-state index contributed by atoms with van der Waals surface area (Å²) in [5.41, 5.74) is 0. The lowest BCUT2D eigenvalue weighted by Crippen LogP contribution is -1.81. The van der Waals surface area contributed by atoms with Crippen LogP contribution in [0.15, 0.2) is 10.4 Å². The van der Waals surface area contributed by atoms with Gasteiger partial charge in [-0.15, -0.1) is 23.1 Å². The number of nitrogens with zero attached hydrogens (tertiary/aromatic N) is 1. The van der Waals surface area contributed by atoms with Crippen LogP contribution in [0.1, 0.15) is 24.8 Å². The summed E-state index contributed by atoms with van der Waals surface area (Å²) in [6.07, 6.45) is 4.03. The van der Waals surface area contributed by atoms with Gasteiger partial charge in [-0.1, -0.05) is 13.8 Å². The fourth-order valence-electron chi connectivity index (χ4n) is 0.633. The van der Waals surface area contributed by atoms with Crippen molar-refractivity contribution in [2.75, 3.05) is 6.26 Å². The van der Waals surface area contributed by atoms with Crippen LogP contribution < -0.4 is 0 Å². The number of rotatable bonds is 2. The van der Waals surface area contributed by atoms with Crippen LogP contribution in [0, 0.1) is 0 Å². The molecule has 1 heterocycles. The Morgan fingerprint density at radius 1 is 1.60 bits per heavy atom. The molecule has 10 heavy (non-hydrogen) atoms. The van der Waals surface area contributed by atoms with Crippen LogP contribution in [0.2, 0.25) is 0 Å². The van der Waals surface area contributed by atoms with Crippen LogP contribution in [0.5, 0.6) is 0 Å². The summed E-state index contributed by atoms with van der Waals surface area (Å²) in [7, 11) is 0. The molecule has 56 valence electrons. The SMILES string of the molecule is CSc1cnc(C(C)C)s1. The lowest BCUT2D eigenvalue weighted by molar-refractivity contribution is 0.852. The van der Waals surface area contributed by atoms with Crippen molar-refractivity contribution >= 4 is 23.1 Å². The van der Waals surface area contributed by atoms with Gasteiger partial charge in [0.25, 0.3) is 0 Å². The van der Waals surface area contributed by atoms with Gasteiger partial charge in [-0.05, 0) is 6.26 Å². The van der Waals surface area contributed by atoms with Crippen LogP contribution in [0.4, 0.5) is 0 Å². The Kier molecular flexibility index (Phi) is 2.74. The van der Waals surface area contributed by atoms with E-state index < -0.39 is 0 Å². The van der Waals surface area contributed by atoms with E-state index in [9.17, 15) is 0 Å². The van der Waals surface area contributed by atoms with Gasteiger partial charge in [0.1, 0.15) is 0 Å². The van der Waals surface area contributed by atoms with Crippen LogP contribution in [-0.4, -0.2) is 11.2 Å². The maximum absolute atomic E-state index is 4.28. The molecule has 0 aliphatic carbocycles. The molecule has 0 fully saturated rings. The van der Waals surface area contributed by atoms with Crippen LogP contribution in [0.25, 0.3) is 0 Å². The Balaban J connectivity index is 2.78. The van der Waals surface area contributed by atoms with Gasteiger partial charge >= 0.3 is 0 Å². The van der Waals surface area contributed by atoms with Gasteiger partial charge in [0.2, 0.25) is 0 Å².